The topological polar surface area (TPSA) is 101 Å². The van der Waals surface area contributed by atoms with Crippen molar-refractivity contribution in [3.63, 3.8) is 0 Å². The first-order chi connectivity index (χ1) is 11.6. The molecule has 0 aliphatic carbocycles. The first kappa shape index (κ1) is 20.9. The molecule has 0 saturated heterocycles. The number of amidine groups is 2. The Morgan fingerprint density at radius 3 is 1.20 bits per heavy atom. The maximum Gasteiger partial charge on any atom is 2.00 e. The van der Waals surface area contributed by atoms with Crippen LogP contribution < -0.4 is 11.5 Å². The molecule has 0 aliphatic heterocycles. The summed E-state index contributed by atoms with van der Waals surface area (Å²) in [7, 11) is 0. The molecular formula is C16H14N6PdS2. The van der Waals surface area contributed by atoms with Gasteiger partial charge in [-0.1, -0.05) is 60.7 Å². The summed E-state index contributed by atoms with van der Waals surface area (Å²) in [5.41, 5.74) is 13.3. The van der Waals surface area contributed by atoms with Crippen LogP contribution >= 0.6 is 0 Å². The zero-order valence-electron chi connectivity index (χ0n) is 12.8. The Bertz CT molecular complexity index is 726. The third-order valence-electron chi connectivity index (χ3n) is 2.82. The van der Waals surface area contributed by atoms with E-state index in [-0.39, 0.29) is 30.8 Å². The molecule has 6 nitrogen and oxygen atoms in total. The fourth-order valence-corrected chi connectivity index (χ4v) is 1.96. The average Bonchev–Trinajstić information content (AvgIpc) is 2.59. The number of nitrogens with zero attached hydrogens (tertiary/aromatic N) is 4. The number of hydrogen-bond acceptors (Lipinski definition) is 6. The summed E-state index contributed by atoms with van der Waals surface area (Å²) in [4.78, 5) is 0. The second-order valence-corrected chi connectivity index (χ2v) is 5.34. The Hall–Kier alpha value is -2.18. The molecule has 4 N–H and O–H groups in total. The molecule has 2 rings (SSSR count). The molecule has 9 heteroatoms. The summed E-state index contributed by atoms with van der Waals surface area (Å²) in [5.74, 6) is 0. The Morgan fingerprint density at radius 1 is 0.600 bits per heavy atom. The molecule has 0 radical (unpaired) electrons. The van der Waals surface area contributed by atoms with E-state index in [9.17, 15) is 0 Å². The fourth-order valence-electron chi connectivity index (χ4n) is 1.87. The van der Waals surface area contributed by atoms with Crippen molar-refractivity contribution >= 4 is 47.0 Å². The molecule has 130 valence electrons. The molecule has 0 fully saturated rings. The van der Waals surface area contributed by atoms with Crippen LogP contribution in [0.4, 0.5) is 0 Å². The molecule has 25 heavy (non-hydrogen) atoms. The summed E-state index contributed by atoms with van der Waals surface area (Å²) >= 11 is 9.55. The van der Waals surface area contributed by atoms with E-state index in [1.54, 1.807) is 0 Å². The number of rotatable bonds is 5. The van der Waals surface area contributed by atoms with Gasteiger partial charge in [-0.3, -0.25) is 0 Å². The van der Waals surface area contributed by atoms with E-state index in [1.165, 1.54) is 0 Å². The smallest absolute Gasteiger partial charge is 0.741 e. The van der Waals surface area contributed by atoms with Crippen LogP contribution in [0.1, 0.15) is 11.1 Å². The molecule has 0 atom stereocenters. The molecule has 0 aliphatic rings. The van der Waals surface area contributed by atoms with Gasteiger partial charge in [0.25, 0.3) is 0 Å². The summed E-state index contributed by atoms with van der Waals surface area (Å²) in [6.07, 6.45) is 0. The van der Waals surface area contributed by atoms with Crippen LogP contribution in [0.3, 0.4) is 0 Å². The van der Waals surface area contributed by atoms with Crippen LogP contribution in [0.25, 0.3) is 0 Å². The van der Waals surface area contributed by atoms with Crippen molar-refractivity contribution in [2.24, 2.45) is 31.9 Å². The van der Waals surface area contributed by atoms with Crippen molar-refractivity contribution < 1.29 is 20.4 Å². The monoisotopic (exact) mass is 460 g/mol. The van der Waals surface area contributed by atoms with Crippen molar-refractivity contribution in [1.82, 2.24) is 0 Å². The maximum atomic E-state index is 5.43. The summed E-state index contributed by atoms with van der Waals surface area (Å²) in [6.45, 7) is 0. The second kappa shape index (κ2) is 10.6. The van der Waals surface area contributed by atoms with Crippen LogP contribution in [-0.4, -0.2) is 21.8 Å². The van der Waals surface area contributed by atoms with Crippen molar-refractivity contribution in [3.05, 3.63) is 71.8 Å². The van der Waals surface area contributed by atoms with E-state index in [1.807, 2.05) is 60.7 Å². The van der Waals surface area contributed by atoms with Gasteiger partial charge in [0.05, 0.1) is 0 Å². The van der Waals surface area contributed by atoms with E-state index in [0.717, 1.165) is 11.1 Å². The molecule has 0 saturated carbocycles. The zero-order chi connectivity index (χ0) is 17.4. The van der Waals surface area contributed by atoms with Crippen LogP contribution in [0.5, 0.6) is 0 Å². The van der Waals surface area contributed by atoms with Gasteiger partial charge in [-0.25, -0.2) is 0 Å². The van der Waals surface area contributed by atoms with E-state index in [2.05, 4.69) is 20.4 Å². The predicted octanol–water partition coefficient (Wildman–Crippen LogP) is 1.52. The number of hydrogen-bond donors (Lipinski definition) is 2. The van der Waals surface area contributed by atoms with E-state index in [0.29, 0.717) is 11.4 Å². The minimum absolute atomic E-state index is 0. The Kier molecular flexibility index (Phi) is 8.88. The molecule has 0 aromatic heterocycles. The van der Waals surface area contributed by atoms with Gasteiger partial charge in [0.1, 0.15) is 11.4 Å². The summed E-state index contributed by atoms with van der Waals surface area (Å²) in [6, 6.07) is 18.8. The normalized spacial score (nSPS) is 13.3. The van der Waals surface area contributed by atoms with Crippen LogP contribution in [0.15, 0.2) is 81.1 Å². The molecular weight excluding hydrogens is 447 g/mol. The fraction of sp³-hybridized carbons (Fsp3) is 0. The number of nitrogens with two attached hydrogens (primary N) is 2. The van der Waals surface area contributed by atoms with Crippen LogP contribution in [0, 0.1) is 0 Å². The third-order valence-corrected chi connectivity index (χ3v) is 2.98. The minimum atomic E-state index is -0.0814. The molecule has 2 aromatic carbocycles. The molecule has 0 bridgehead atoms. The molecule has 2 aromatic rings. The Labute approximate surface area is 170 Å². The van der Waals surface area contributed by atoms with Crippen molar-refractivity contribution in [3.8, 4) is 0 Å². The maximum absolute atomic E-state index is 5.43. The third kappa shape index (κ3) is 6.68. The van der Waals surface area contributed by atoms with Crippen molar-refractivity contribution in [2.75, 3.05) is 0 Å². The number of benzene rings is 2. The van der Waals surface area contributed by atoms with Crippen LogP contribution in [0.2, 0.25) is 0 Å². The van der Waals surface area contributed by atoms with Crippen LogP contribution in [-0.2, 0) is 45.7 Å². The van der Waals surface area contributed by atoms with Gasteiger partial charge in [0, 0.05) is 11.1 Å². The molecule has 0 amide bonds. The largest absolute Gasteiger partial charge is 2.00 e. The van der Waals surface area contributed by atoms with Gasteiger partial charge < -0.3 is 36.7 Å². The average molecular weight is 461 g/mol. The minimum Gasteiger partial charge on any atom is -0.741 e. The second-order valence-electron chi connectivity index (χ2n) is 4.51. The van der Waals surface area contributed by atoms with Gasteiger partial charge in [-0.2, -0.15) is 10.2 Å². The Morgan fingerprint density at radius 2 is 0.920 bits per heavy atom. The van der Waals surface area contributed by atoms with E-state index >= 15 is 0 Å². The summed E-state index contributed by atoms with van der Waals surface area (Å²) < 4.78 is 0. The van der Waals surface area contributed by atoms with Crippen molar-refractivity contribution in [1.29, 1.82) is 0 Å². The Balaban J connectivity index is 0.00000312. The molecule has 0 unspecified atom stereocenters. The molecule has 0 heterocycles. The van der Waals surface area contributed by atoms with Gasteiger partial charge >= 0.3 is 20.4 Å². The van der Waals surface area contributed by atoms with Gasteiger partial charge in [0.15, 0.2) is 0 Å². The van der Waals surface area contributed by atoms with Gasteiger partial charge in [-0.05, 0) is 10.3 Å². The summed E-state index contributed by atoms with van der Waals surface area (Å²) in [5, 5.41) is 15.7. The zero-order valence-corrected chi connectivity index (χ0v) is 16.0. The standard InChI is InChI=1S/C16H16N6S2.Pd/c17-15(23)21-19-13(11-7-3-1-4-8-11)14(20-22-16(18)24)12-9-5-2-6-10-12;/h1-10H,(H3,17,21,23)(H3,18,22,24);/q;+2/p-2/b19-13+,20-14+;. The SMILES string of the molecule is N/C([S-])=N/N=C(/C(=N/N=C(/N)[S-])c1ccccc1)c1ccccc1.[Pd+2]. The van der Waals surface area contributed by atoms with E-state index < -0.39 is 0 Å². The van der Waals surface area contributed by atoms with Gasteiger partial charge in [0.2, 0.25) is 0 Å². The molecule has 0 spiro atoms. The first-order valence-electron chi connectivity index (χ1n) is 6.85. The first-order valence-corrected chi connectivity index (χ1v) is 7.67. The van der Waals surface area contributed by atoms with Crippen molar-refractivity contribution in [2.45, 2.75) is 0 Å². The van der Waals surface area contributed by atoms with E-state index in [4.69, 9.17) is 36.7 Å². The predicted molar refractivity (Wildman–Crippen MR) is 104 cm³/mol. The van der Waals surface area contributed by atoms with Gasteiger partial charge in [-0.15, -0.1) is 10.2 Å². The quantitative estimate of drug-likeness (QED) is 0.232.